The standard InChI is InChI=1S/C19H19N5O3S/c1-13-3-7-15(8-4-13)20-18(25)11-17-21-22-19(23(17)2)28-12-14-5-9-16(10-6-14)24(26)27/h3-10H,11-12H2,1-2H3,(H,20,25). The second kappa shape index (κ2) is 8.66. The smallest absolute Gasteiger partial charge is 0.269 e. The number of aromatic nitrogens is 3. The summed E-state index contributed by atoms with van der Waals surface area (Å²) in [6.45, 7) is 1.99. The van der Waals surface area contributed by atoms with E-state index >= 15 is 0 Å². The lowest BCUT2D eigenvalue weighted by Gasteiger charge is -2.06. The van der Waals surface area contributed by atoms with Gasteiger partial charge in [-0.25, -0.2) is 0 Å². The SMILES string of the molecule is Cc1ccc(NC(=O)Cc2nnc(SCc3ccc([N+](=O)[O-])cc3)n2C)cc1. The van der Waals surface area contributed by atoms with Crippen LogP contribution in [0.15, 0.2) is 53.7 Å². The third-order valence-corrected chi connectivity index (χ3v) is 5.19. The molecule has 8 nitrogen and oxygen atoms in total. The summed E-state index contributed by atoms with van der Waals surface area (Å²) in [7, 11) is 1.81. The molecule has 28 heavy (non-hydrogen) atoms. The summed E-state index contributed by atoms with van der Waals surface area (Å²) < 4.78 is 1.78. The molecule has 0 unspecified atom stereocenters. The van der Waals surface area contributed by atoms with Gasteiger partial charge in [-0.05, 0) is 24.6 Å². The Morgan fingerprint density at radius 2 is 1.82 bits per heavy atom. The van der Waals surface area contributed by atoms with E-state index in [4.69, 9.17) is 0 Å². The molecule has 144 valence electrons. The molecule has 9 heteroatoms. The number of nitrogens with one attached hydrogen (secondary N) is 1. The molecule has 0 bridgehead atoms. The zero-order valence-electron chi connectivity index (χ0n) is 15.5. The van der Waals surface area contributed by atoms with Crippen molar-refractivity contribution in [3.63, 3.8) is 0 Å². The van der Waals surface area contributed by atoms with Crippen LogP contribution in [0.4, 0.5) is 11.4 Å². The lowest BCUT2D eigenvalue weighted by atomic mass is 10.2. The number of benzene rings is 2. The fraction of sp³-hybridized carbons (Fsp3) is 0.211. The second-order valence-electron chi connectivity index (χ2n) is 6.26. The number of carbonyl (C=O) groups excluding carboxylic acids is 1. The molecular weight excluding hydrogens is 378 g/mol. The number of hydrogen-bond acceptors (Lipinski definition) is 6. The number of aryl methyl sites for hydroxylation is 1. The number of nitro groups is 1. The van der Waals surface area contributed by atoms with Crippen LogP contribution in [0.5, 0.6) is 0 Å². The maximum Gasteiger partial charge on any atom is 0.269 e. The fourth-order valence-electron chi connectivity index (χ4n) is 2.47. The molecule has 1 aromatic heterocycles. The lowest BCUT2D eigenvalue weighted by Crippen LogP contribution is -2.17. The zero-order chi connectivity index (χ0) is 20.1. The highest BCUT2D eigenvalue weighted by atomic mass is 32.2. The Kier molecular flexibility index (Phi) is 6.05. The van der Waals surface area contributed by atoms with Crippen LogP contribution in [0.2, 0.25) is 0 Å². The first-order valence-electron chi connectivity index (χ1n) is 8.53. The highest BCUT2D eigenvalue weighted by Crippen LogP contribution is 2.22. The minimum atomic E-state index is -0.423. The van der Waals surface area contributed by atoms with E-state index in [1.54, 1.807) is 16.7 Å². The van der Waals surface area contributed by atoms with E-state index in [0.717, 1.165) is 16.8 Å². The van der Waals surface area contributed by atoms with Crippen molar-refractivity contribution in [1.29, 1.82) is 0 Å². The molecule has 1 N–H and O–H groups in total. The molecule has 0 fully saturated rings. The summed E-state index contributed by atoms with van der Waals surface area (Å²) in [4.78, 5) is 22.5. The number of hydrogen-bond donors (Lipinski definition) is 1. The van der Waals surface area contributed by atoms with Crippen LogP contribution in [0.3, 0.4) is 0 Å². The van der Waals surface area contributed by atoms with Gasteiger partial charge in [0.05, 0.1) is 11.3 Å². The van der Waals surface area contributed by atoms with Crippen molar-refractivity contribution in [2.75, 3.05) is 5.32 Å². The van der Waals surface area contributed by atoms with Gasteiger partial charge in [0.15, 0.2) is 5.16 Å². The predicted octanol–water partition coefficient (Wildman–Crippen LogP) is 3.51. The first-order chi connectivity index (χ1) is 13.4. The van der Waals surface area contributed by atoms with E-state index in [0.29, 0.717) is 16.7 Å². The number of amides is 1. The van der Waals surface area contributed by atoms with Gasteiger partial charge in [0.25, 0.3) is 5.69 Å². The van der Waals surface area contributed by atoms with Crippen molar-refractivity contribution in [1.82, 2.24) is 14.8 Å². The minimum Gasteiger partial charge on any atom is -0.326 e. The Labute approximate surface area is 166 Å². The quantitative estimate of drug-likeness (QED) is 0.372. The maximum absolute atomic E-state index is 12.2. The summed E-state index contributed by atoms with van der Waals surface area (Å²) in [5.74, 6) is 1.00. The van der Waals surface area contributed by atoms with Gasteiger partial charge in [-0.3, -0.25) is 14.9 Å². The summed E-state index contributed by atoms with van der Waals surface area (Å²) in [6.07, 6.45) is 0.121. The summed E-state index contributed by atoms with van der Waals surface area (Å²) >= 11 is 1.46. The predicted molar refractivity (Wildman–Crippen MR) is 107 cm³/mol. The molecule has 0 saturated carbocycles. The maximum atomic E-state index is 12.2. The normalized spacial score (nSPS) is 10.6. The van der Waals surface area contributed by atoms with Crippen molar-refractivity contribution in [3.05, 3.63) is 75.6 Å². The second-order valence-corrected chi connectivity index (χ2v) is 7.20. The molecule has 0 radical (unpaired) electrons. The molecule has 0 aliphatic heterocycles. The first kappa shape index (κ1) is 19.6. The molecule has 0 aliphatic rings. The molecule has 0 spiro atoms. The van der Waals surface area contributed by atoms with Gasteiger partial charge in [-0.2, -0.15) is 0 Å². The van der Waals surface area contributed by atoms with E-state index in [-0.39, 0.29) is 18.0 Å². The number of non-ortho nitro benzene ring substituents is 1. The van der Waals surface area contributed by atoms with E-state index in [2.05, 4.69) is 15.5 Å². The highest BCUT2D eigenvalue weighted by Gasteiger charge is 2.14. The monoisotopic (exact) mass is 397 g/mol. The zero-order valence-corrected chi connectivity index (χ0v) is 16.3. The molecule has 0 saturated heterocycles. The Morgan fingerprint density at radius 1 is 1.14 bits per heavy atom. The van der Waals surface area contributed by atoms with Crippen molar-refractivity contribution in [3.8, 4) is 0 Å². The molecular formula is C19H19N5O3S. The lowest BCUT2D eigenvalue weighted by molar-refractivity contribution is -0.384. The number of nitro benzene ring substituents is 1. The van der Waals surface area contributed by atoms with Gasteiger partial charge in [-0.1, -0.05) is 41.6 Å². The molecule has 0 aliphatic carbocycles. The van der Waals surface area contributed by atoms with E-state index in [1.165, 1.54) is 23.9 Å². The number of nitrogens with zero attached hydrogens (tertiary/aromatic N) is 4. The summed E-state index contributed by atoms with van der Waals surface area (Å²) in [5, 5.41) is 22.5. The molecule has 3 rings (SSSR count). The molecule has 2 aromatic carbocycles. The minimum absolute atomic E-state index is 0.0642. The molecule has 1 amide bonds. The van der Waals surface area contributed by atoms with Gasteiger partial charge in [-0.15, -0.1) is 10.2 Å². The van der Waals surface area contributed by atoms with E-state index in [9.17, 15) is 14.9 Å². The van der Waals surface area contributed by atoms with Crippen LogP contribution in [0.25, 0.3) is 0 Å². The van der Waals surface area contributed by atoms with Crippen molar-refractivity contribution in [2.45, 2.75) is 24.3 Å². The van der Waals surface area contributed by atoms with Crippen LogP contribution >= 0.6 is 11.8 Å². The number of rotatable bonds is 7. The molecule has 1 heterocycles. The molecule has 3 aromatic rings. The summed E-state index contributed by atoms with van der Waals surface area (Å²) in [6, 6.07) is 14.0. The van der Waals surface area contributed by atoms with Crippen LogP contribution in [0, 0.1) is 17.0 Å². The van der Waals surface area contributed by atoms with Gasteiger partial charge in [0, 0.05) is 30.6 Å². The van der Waals surface area contributed by atoms with E-state index in [1.807, 2.05) is 38.2 Å². The summed E-state index contributed by atoms with van der Waals surface area (Å²) in [5.41, 5.74) is 2.87. The van der Waals surface area contributed by atoms with Crippen LogP contribution in [-0.4, -0.2) is 25.6 Å². The van der Waals surface area contributed by atoms with Crippen LogP contribution in [0.1, 0.15) is 17.0 Å². The average molecular weight is 397 g/mol. The van der Waals surface area contributed by atoms with Gasteiger partial charge in [0.1, 0.15) is 5.82 Å². The third kappa shape index (κ3) is 4.95. The van der Waals surface area contributed by atoms with Gasteiger partial charge < -0.3 is 9.88 Å². The Balaban J connectivity index is 1.57. The van der Waals surface area contributed by atoms with Crippen molar-refractivity contribution < 1.29 is 9.72 Å². The fourth-order valence-corrected chi connectivity index (χ4v) is 3.36. The Morgan fingerprint density at radius 3 is 2.46 bits per heavy atom. The van der Waals surface area contributed by atoms with Gasteiger partial charge >= 0.3 is 0 Å². The van der Waals surface area contributed by atoms with Crippen molar-refractivity contribution >= 4 is 29.0 Å². The third-order valence-electron chi connectivity index (χ3n) is 4.09. The van der Waals surface area contributed by atoms with Crippen LogP contribution in [-0.2, 0) is 24.0 Å². The largest absolute Gasteiger partial charge is 0.326 e. The Bertz CT molecular complexity index is 984. The molecule has 0 atom stereocenters. The van der Waals surface area contributed by atoms with E-state index < -0.39 is 4.92 Å². The first-order valence-corrected chi connectivity index (χ1v) is 9.52. The van der Waals surface area contributed by atoms with Gasteiger partial charge in [0.2, 0.25) is 5.91 Å². The number of carbonyl (C=O) groups is 1. The van der Waals surface area contributed by atoms with Crippen molar-refractivity contribution in [2.24, 2.45) is 7.05 Å². The number of anilines is 1. The number of thioether (sulfide) groups is 1. The topological polar surface area (TPSA) is 103 Å². The Hall–Kier alpha value is -3.20. The average Bonchev–Trinajstić information content (AvgIpc) is 3.02. The van der Waals surface area contributed by atoms with Crippen LogP contribution < -0.4 is 5.32 Å². The highest BCUT2D eigenvalue weighted by molar-refractivity contribution is 7.98.